The minimum absolute atomic E-state index is 0.321. The summed E-state index contributed by atoms with van der Waals surface area (Å²) in [7, 11) is 0. The third-order valence-electron chi connectivity index (χ3n) is 6.30. The smallest absolute Gasteiger partial charge is 0.248 e. The molecular weight excluding hydrogens is 406 g/mol. The summed E-state index contributed by atoms with van der Waals surface area (Å²) in [5, 5.41) is 4.93. The first-order valence-corrected chi connectivity index (χ1v) is 10.7. The summed E-state index contributed by atoms with van der Waals surface area (Å²) < 4.78 is 27.2. The van der Waals surface area contributed by atoms with Gasteiger partial charge in [-0.05, 0) is 74.4 Å². The molecule has 1 saturated carbocycles. The summed E-state index contributed by atoms with van der Waals surface area (Å²) in [4.78, 5) is 11.1. The largest absolute Gasteiger partial charge is 0.361 e. The van der Waals surface area contributed by atoms with E-state index in [1.165, 1.54) is 5.56 Å². The highest BCUT2D eigenvalue weighted by Gasteiger charge is 2.37. The molecule has 7 heteroatoms. The molecule has 3 N–H and O–H groups in total. The van der Waals surface area contributed by atoms with Gasteiger partial charge in [0.15, 0.2) is 0 Å². The monoisotopic (exact) mass is 428 g/mol. The van der Waals surface area contributed by atoms with Gasteiger partial charge in [0, 0.05) is 28.7 Å². The molecule has 30 heavy (non-hydrogen) atoms. The number of H-pyrrole nitrogens is 2. The Hall–Kier alpha value is -2.60. The van der Waals surface area contributed by atoms with Gasteiger partial charge in [0.25, 0.3) is 0 Å². The molecule has 0 bridgehead atoms. The highest BCUT2D eigenvalue weighted by Crippen LogP contribution is 2.42. The number of anilines is 2. The SMILES string of the molecule is CC(F)(F)C1CCC(c2ccc3nc(Nc4cc(Cl)c5cc[nH]c5c4)[nH]c3c2)CC1. The maximum Gasteiger partial charge on any atom is 0.248 e. The second kappa shape index (κ2) is 7.27. The van der Waals surface area contributed by atoms with Crippen molar-refractivity contribution in [2.45, 2.75) is 44.4 Å². The molecule has 1 aliphatic rings. The van der Waals surface area contributed by atoms with Gasteiger partial charge in [-0.15, -0.1) is 0 Å². The minimum atomic E-state index is -2.58. The number of fused-ring (bicyclic) bond motifs is 2. The van der Waals surface area contributed by atoms with Crippen LogP contribution in [0.3, 0.4) is 0 Å². The lowest BCUT2D eigenvalue weighted by Crippen LogP contribution is -2.28. The Kier molecular flexibility index (Phi) is 4.69. The number of rotatable bonds is 4. The Morgan fingerprint density at radius 3 is 2.63 bits per heavy atom. The summed E-state index contributed by atoms with van der Waals surface area (Å²) >= 11 is 6.36. The van der Waals surface area contributed by atoms with Crippen molar-refractivity contribution in [1.82, 2.24) is 15.0 Å². The molecule has 0 spiro atoms. The van der Waals surface area contributed by atoms with Crippen molar-refractivity contribution in [3.05, 3.63) is 53.2 Å². The zero-order chi connectivity index (χ0) is 20.9. The van der Waals surface area contributed by atoms with Gasteiger partial charge in [-0.3, -0.25) is 0 Å². The van der Waals surface area contributed by atoms with E-state index in [0.717, 1.165) is 47.4 Å². The average Bonchev–Trinajstić information content (AvgIpc) is 3.33. The number of nitrogens with zero attached hydrogens (tertiary/aromatic N) is 1. The van der Waals surface area contributed by atoms with E-state index in [1.54, 1.807) is 0 Å². The topological polar surface area (TPSA) is 56.5 Å². The van der Waals surface area contributed by atoms with Crippen LogP contribution < -0.4 is 5.32 Å². The Balaban J connectivity index is 1.35. The minimum Gasteiger partial charge on any atom is -0.361 e. The first-order valence-electron chi connectivity index (χ1n) is 10.3. The van der Waals surface area contributed by atoms with Gasteiger partial charge < -0.3 is 15.3 Å². The fraction of sp³-hybridized carbons (Fsp3) is 0.348. The fourth-order valence-electron chi connectivity index (χ4n) is 4.60. The van der Waals surface area contributed by atoms with Crippen LogP contribution in [-0.4, -0.2) is 20.9 Å². The summed E-state index contributed by atoms with van der Waals surface area (Å²) in [6.07, 6.45) is 4.60. The van der Waals surface area contributed by atoms with Gasteiger partial charge in [-0.2, -0.15) is 0 Å². The van der Waals surface area contributed by atoms with E-state index in [1.807, 2.05) is 30.5 Å². The zero-order valence-corrected chi connectivity index (χ0v) is 17.4. The van der Waals surface area contributed by atoms with Crippen LogP contribution in [0.1, 0.15) is 44.1 Å². The van der Waals surface area contributed by atoms with Gasteiger partial charge in [0.2, 0.25) is 11.9 Å². The highest BCUT2D eigenvalue weighted by molar-refractivity contribution is 6.35. The van der Waals surface area contributed by atoms with Crippen LogP contribution in [0.15, 0.2) is 42.6 Å². The molecule has 2 aromatic carbocycles. The van der Waals surface area contributed by atoms with Crippen LogP contribution in [0.5, 0.6) is 0 Å². The predicted octanol–water partition coefficient (Wildman–Crippen LogP) is 7.37. The van der Waals surface area contributed by atoms with Crippen molar-refractivity contribution in [2.75, 3.05) is 5.32 Å². The van der Waals surface area contributed by atoms with Gasteiger partial charge in [-0.25, -0.2) is 13.8 Å². The molecule has 0 atom stereocenters. The molecule has 4 aromatic rings. The first kappa shape index (κ1) is 19.4. The zero-order valence-electron chi connectivity index (χ0n) is 16.6. The highest BCUT2D eigenvalue weighted by atomic mass is 35.5. The molecule has 156 valence electrons. The number of alkyl halides is 2. The number of benzene rings is 2. The van der Waals surface area contributed by atoms with E-state index < -0.39 is 11.8 Å². The van der Waals surface area contributed by atoms with Gasteiger partial charge in [-0.1, -0.05) is 17.7 Å². The Bertz CT molecular complexity index is 1200. The van der Waals surface area contributed by atoms with Gasteiger partial charge in [0.1, 0.15) is 0 Å². The molecule has 2 aromatic heterocycles. The van der Waals surface area contributed by atoms with E-state index in [0.29, 0.717) is 29.7 Å². The summed E-state index contributed by atoms with van der Waals surface area (Å²) in [5.41, 5.74) is 4.78. The Morgan fingerprint density at radius 2 is 1.87 bits per heavy atom. The van der Waals surface area contributed by atoms with Crippen LogP contribution in [0.4, 0.5) is 20.4 Å². The number of aromatic amines is 2. The number of nitrogens with one attached hydrogen (secondary N) is 3. The second-order valence-corrected chi connectivity index (χ2v) is 8.80. The van der Waals surface area contributed by atoms with Gasteiger partial charge >= 0.3 is 0 Å². The lowest BCUT2D eigenvalue weighted by molar-refractivity contribution is -0.0546. The van der Waals surface area contributed by atoms with Crippen LogP contribution in [0.2, 0.25) is 5.02 Å². The number of halogens is 3. The molecule has 5 rings (SSSR count). The third kappa shape index (κ3) is 3.65. The summed E-state index contributed by atoms with van der Waals surface area (Å²) in [5.74, 6) is -2.12. The second-order valence-electron chi connectivity index (χ2n) is 8.39. The number of imidazole rings is 1. The molecule has 4 nitrogen and oxygen atoms in total. The standard InChI is InChI=1S/C23H23ClF2N4/c1-23(25,26)15-5-2-13(3-6-15)14-4-7-19-21(10-14)30-22(29-19)28-16-11-18(24)17-8-9-27-20(17)12-16/h4,7-13,15,27H,2-3,5-6H2,1H3,(H2,28,29,30). The van der Waals surface area contributed by atoms with E-state index in [2.05, 4.69) is 32.4 Å². The quantitative estimate of drug-likeness (QED) is 0.318. The number of aromatic nitrogens is 3. The molecule has 0 amide bonds. The molecule has 0 saturated heterocycles. The molecular formula is C23H23ClF2N4. The van der Waals surface area contributed by atoms with Crippen molar-refractivity contribution >= 4 is 45.2 Å². The molecule has 0 unspecified atom stereocenters. The summed E-state index contributed by atoms with van der Waals surface area (Å²) in [6.45, 7) is 1.05. The lowest BCUT2D eigenvalue weighted by atomic mass is 9.76. The van der Waals surface area contributed by atoms with E-state index in [-0.39, 0.29) is 0 Å². The molecule has 1 aliphatic carbocycles. The maximum absolute atomic E-state index is 13.6. The normalized spacial score (nSPS) is 20.1. The van der Waals surface area contributed by atoms with E-state index >= 15 is 0 Å². The van der Waals surface area contributed by atoms with Crippen molar-refractivity contribution in [3.63, 3.8) is 0 Å². The Labute approximate surface area is 178 Å². The predicted molar refractivity (Wildman–Crippen MR) is 118 cm³/mol. The number of hydrogen-bond donors (Lipinski definition) is 3. The fourth-order valence-corrected chi connectivity index (χ4v) is 4.89. The average molecular weight is 429 g/mol. The maximum atomic E-state index is 13.6. The molecule has 2 heterocycles. The number of hydrogen-bond acceptors (Lipinski definition) is 2. The van der Waals surface area contributed by atoms with Crippen LogP contribution >= 0.6 is 11.6 Å². The van der Waals surface area contributed by atoms with Crippen molar-refractivity contribution in [3.8, 4) is 0 Å². The van der Waals surface area contributed by atoms with Crippen molar-refractivity contribution in [1.29, 1.82) is 0 Å². The Morgan fingerprint density at radius 1 is 1.07 bits per heavy atom. The van der Waals surface area contributed by atoms with Crippen molar-refractivity contribution in [2.24, 2.45) is 5.92 Å². The van der Waals surface area contributed by atoms with Crippen LogP contribution in [0, 0.1) is 5.92 Å². The van der Waals surface area contributed by atoms with Crippen LogP contribution in [0.25, 0.3) is 21.9 Å². The third-order valence-corrected chi connectivity index (χ3v) is 6.62. The first-order chi connectivity index (χ1) is 14.4. The lowest BCUT2D eigenvalue weighted by Gasteiger charge is -2.32. The van der Waals surface area contributed by atoms with Gasteiger partial charge in [0.05, 0.1) is 16.1 Å². The summed E-state index contributed by atoms with van der Waals surface area (Å²) in [6, 6.07) is 12.0. The molecule has 0 aliphatic heterocycles. The van der Waals surface area contributed by atoms with Crippen molar-refractivity contribution < 1.29 is 8.78 Å². The van der Waals surface area contributed by atoms with E-state index in [4.69, 9.17) is 11.6 Å². The van der Waals surface area contributed by atoms with E-state index in [9.17, 15) is 8.78 Å². The molecule has 0 radical (unpaired) electrons. The van der Waals surface area contributed by atoms with Crippen LogP contribution in [-0.2, 0) is 0 Å². The molecule has 1 fully saturated rings.